The molecule has 0 aliphatic rings. The van der Waals surface area contributed by atoms with Crippen LogP contribution in [0, 0.1) is 11.3 Å². The van der Waals surface area contributed by atoms with Crippen LogP contribution in [0.2, 0.25) is 0 Å². The fourth-order valence-electron chi connectivity index (χ4n) is 3.33. The zero-order valence-electron chi connectivity index (χ0n) is 15.5. The lowest BCUT2D eigenvalue weighted by Gasteiger charge is -2.08. The maximum Gasteiger partial charge on any atom is 0.149 e. The van der Waals surface area contributed by atoms with Crippen LogP contribution in [-0.2, 0) is 0 Å². The highest BCUT2D eigenvalue weighted by Gasteiger charge is 2.13. The van der Waals surface area contributed by atoms with Gasteiger partial charge in [-0.3, -0.25) is 0 Å². The van der Waals surface area contributed by atoms with Crippen molar-refractivity contribution in [3.63, 3.8) is 0 Å². The molecule has 0 amide bonds. The second kappa shape index (κ2) is 6.65. The van der Waals surface area contributed by atoms with E-state index in [-0.39, 0.29) is 0 Å². The number of para-hydroxylation sites is 1. The number of nitrogens with zero attached hydrogens (tertiary/aromatic N) is 3. The van der Waals surface area contributed by atoms with Gasteiger partial charge in [0.25, 0.3) is 0 Å². The van der Waals surface area contributed by atoms with E-state index in [4.69, 9.17) is 4.74 Å². The Kier molecular flexibility index (Phi) is 4.17. The molecule has 5 nitrogen and oxygen atoms in total. The lowest BCUT2D eigenvalue weighted by atomic mass is 10.1. The Morgan fingerprint density at radius 1 is 1.26 bits per heavy atom. The van der Waals surface area contributed by atoms with Gasteiger partial charge in [-0.15, -0.1) is 0 Å². The topological polar surface area (TPSA) is 66.6 Å². The van der Waals surface area contributed by atoms with Crippen molar-refractivity contribution in [2.75, 3.05) is 7.11 Å². The quantitative estimate of drug-likeness (QED) is 0.513. The van der Waals surface area contributed by atoms with E-state index >= 15 is 0 Å². The van der Waals surface area contributed by atoms with Gasteiger partial charge in [0.1, 0.15) is 17.6 Å². The maximum atomic E-state index is 9.74. The molecule has 1 N–H and O–H groups in total. The molecule has 0 bridgehead atoms. The van der Waals surface area contributed by atoms with Crippen LogP contribution in [0.4, 0.5) is 0 Å². The van der Waals surface area contributed by atoms with Crippen molar-refractivity contribution in [3.05, 3.63) is 60.0 Å². The van der Waals surface area contributed by atoms with Crippen molar-refractivity contribution < 1.29 is 4.74 Å². The summed E-state index contributed by atoms with van der Waals surface area (Å²) >= 11 is 0. The molecule has 0 saturated carbocycles. The Morgan fingerprint density at radius 3 is 2.81 bits per heavy atom. The molecule has 0 spiro atoms. The summed E-state index contributed by atoms with van der Waals surface area (Å²) < 4.78 is 7.48. The van der Waals surface area contributed by atoms with Crippen molar-refractivity contribution in [1.82, 2.24) is 14.5 Å². The fraction of sp³-hybridized carbons (Fsp3) is 0.182. The number of allylic oxidation sites excluding steroid dienone is 1. The van der Waals surface area contributed by atoms with Gasteiger partial charge in [-0.2, -0.15) is 5.26 Å². The third-order valence-electron chi connectivity index (χ3n) is 4.69. The summed E-state index contributed by atoms with van der Waals surface area (Å²) in [6, 6.07) is 16.5. The molecule has 0 unspecified atom stereocenters. The van der Waals surface area contributed by atoms with Gasteiger partial charge in [-0.05, 0) is 38.1 Å². The Balaban J connectivity index is 1.85. The second-order valence-corrected chi connectivity index (χ2v) is 6.74. The predicted molar refractivity (Wildman–Crippen MR) is 108 cm³/mol. The molecule has 2 aromatic carbocycles. The van der Waals surface area contributed by atoms with Crippen LogP contribution in [-0.4, -0.2) is 21.6 Å². The van der Waals surface area contributed by atoms with E-state index in [1.807, 2.05) is 36.4 Å². The summed E-state index contributed by atoms with van der Waals surface area (Å²) in [4.78, 5) is 7.80. The fourth-order valence-corrected chi connectivity index (χ4v) is 3.33. The van der Waals surface area contributed by atoms with E-state index in [0.29, 0.717) is 17.4 Å². The third kappa shape index (κ3) is 2.96. The van der Waals surface area contributed by atoms with Gasteiger partial charge < -0.3 is 14.3 Å². The average molecular weight is 356 g/mol. The van der Waals surface area contributed by atoms with Crippen molar-refractivity contribution in [2.45, 2.75) is 19.9 Å². The average Bonchev–Trinajstić information content (AvgIpc) is 3.27. The summed E-state index contributed by atoms with van der Waals surface area (Å²) in [6.45, 7) is 4.30. The number of aromatic amines is 1. The minimum absolute atomic E-state index is 0.334. The van der Waals surface area contributed by atoms with E-state index in [0.717, 1.165) is 33.2 Å². The first kappa shape index (κ1) is 16.9. The van der Waals surface area contributed by atoms with Crippen LogP contribution in [0.1, 0.15) is 31.3 Å². The van der Waals surface area contributed by atoms with Gasteiger partial charge >= 0.3 is 0 Å². The number of benzene rings is 2. The molecule has 0 saturated heterocycles. The number of fused-ring (bicyclic) bond motifs is 2. The number of imidazole rings is 1. The Bertz CT molecular complexity index is 1200. The molecule has 134 valence electrons. The zero-order valence-corrected chi connectivity index (χ0v) is 15.5. The Hall–Kier alpha value is -3.52. The molecule has 0 fully saturated rings. The number of methoxy groups -OCH3 is 1. The van der Waals surface area contributed by atoms with Gasteiger partial charge in [0.2, 0.25) is 0 Å². The number of H-pyrrole nitrogens is 1. The number of aromatic nitrogens is 3. The molecular formula is C22H20N4O. The van der Waals surface area contributed by atoms with Crippen molar-refractivity contribution in [2.24, 2.45) is 0 Å². The van der Waals surface area contributed by atoms with E-state index in [9.17, 15) is 5.26 Å². The second-order valence-electron chi connectivity index (χ2n) is 6.74. The zero-order chi connectivity index (χ0) is 19.0. The molecule has 5 heteroatoms. The number of ether oxygens (including phenoxy) is 1. The minimum Gasteiger partial charge on any atom is -0.497 e. The monoisotopic (exact) mass is 356 g/mol. The molecular weight excluding hydrogens is 336 g/mol. The number of rotatable bonds is 4. The molecule has 4 rings (SSSR count). The van der Waals surface area contributed by atoms with Crippen LogP contribution in [0.5, 0.6) is 5.75 Å². The largest absolute Gasteiger partial charge is 0.497 e. The number of nitrogens with one attached hydrogen (secondary N) is 1. The molecule has 0 atom stereocenters. The summed E-state index contributed by atoms with van der Waals surface area (Å²) in [6.07, 6.45) is 3.99. The Morgan fingerprint density at radius 2 is 2.07 bits per heavy atom. The van der Waals surface area contributed by atoms with Crippen LogP contribution in [0.25, 0.3) is 33.6 Å². The van der Waals surface area contributed by atoms with E-state index in [2.05, 4.69) is 52.8 Å². The first-order valence-electron chi connectivity index (χ1n) is 8.86. The van der Waals surface area contributed by atoms with E-state index in [1.54, 1.807) is 7.11 Å². The highest BCUT2D eigenvalue weighted by Crippen LogP contribution is 2.28. The summed E-state index contributed by atoms with van der Waals surface area (Å²) in [7, 11) is 1.63. The highest BCUT2D eigenvalue weighted by molar-refractivity contribution is 5.98. The number of hydrogen-bond donors (Lipinski definition) is 1. The molecule has 2 heterocycles. The molecule has 27 heavy (non-hydrogen) atoms. The Labute approximate surface area is 157 Å². The van der Waals surface area contributed by atoms with Crippen LogP contribution in [0.3, 0.4) is 0 Å². The first-order chi connectivity index (χ1) is 13.1. The molecule has 0 aliphatic carbocycles. The normalized spacial score (nSPS) is 12.0. The summed E-state index contributed by atoms with van der Waals surface area (Å²) in [5, 5.41) is 10.9. The highest BCUT2D eigenvalue weighted by atomic mass is 16.5. The molecule has 0 radical (unpaired) electrons. The van der Waals surface area contributed by atoms with Crippen LogP contribution in [0.15, 0.2) is 48.7 Å². The SMILES string of the molecule is COc1ccc2nc(/C(C#N)=C\c3cn(C(C)C)c4ccccc34)[nH]c2c1. The van der Waals surface area contributed by atoms with Gasteiger partial charge in [0.15, 0.2) is 0 Å². The molecule has 2 aromatic heterocycles. The van der Waals surface area contributed by atoms with Gasteiger partial charge in [0.05, 0.1) is 23.7 Å². The first-order valence-corrected chi connectivity index (χ1v) is 8.86. The smallest absolute Gasteiger partial charge is 0.149 e. The lowest BCUT2D eigenvalue weighted by molar-refractivity contribution is 0.415. The summed E-state index contributed by atoms with van der Waals surface area (Å²) in [5.74, 6) is 1.31. The summed E-state index contributed by atoms with van der Waals surface area (Å²) in [5.41, 5.74) is 4.31. The van der Waals surface area contributed by atoms with Crippen molar-refractivity contribution >= 4 is 33.6 Å². The van der Waals surface area contributed by atoms with Crippen molar-refractivity contribution in [3.8, 4) is 11.8 Å². The third-order valence-corrected chi connectivity index (χ3v) is 4.69. The van der Waals surface area contributed by atoms with Crippen LogP contribution >= 0.6 is 0 Å². The van der Waals surface area contributed by atoms with E-state index in [1.165, 1.54) is 0 Å². The van der Waals surface area contributed by atoms with Crippen LogP contribution < -0.4 is 4.74 Å². The van der Waals surface area contributed by atoms with Gasteiger partial charge in [-0.25, -0.2) is 4.98 Å². The van der Waals surface area contributed by atoms with Gasteiger partial charge in [-0.1, -0.05) is 18.2 Å². The maximum absolute atomic E-state index is 9.74. The lowest BCUT2D eigenvalue weighted by Crippen LogP contribution is -1.97. The predicted octanol–water partition coefficient (Wildman–Crippen LogP) is 5.17. The standard InChI is InChI=1S/C22H20N4O/c1-14(2)26-13-16(18-6-4-5-7-21(18)26)10-15(12-23)22-24-19-9-8-17(27-3)11-20(19)25-22/h4-11,13-14H,1-3H3,(H,24,25)/b15-10-. The minimum atomic E-state index is 0.334. The van der Waals surface area contributed by atoms with E-state index < -0.39 is 0 Å². The number of nitriles is 1. The molecule has 4 aromatic rings. The number of hydrogen-bond acceptors (Lipinski definition) is 3. The van der Waals surface area contributed by atoms with Gasteiger partial charge in [0, 0.05) is 34.8 Å². The van der Waals surface area contributed by atoms with Crippen molar-refractivity contribution in [1.29, 1.82) is 5.26 Å². The molecule has 0 aliphatic heterocycles.